The molecule has 24 heavy (non-hydrogen) atoms. The second kappa shape index (κ2) is 5.74. The number of nitrogens with zero attached hydrogens (tertiary/aromatic N) is 1. The number of hydrogen-bond acceptors (Lipinski definition) is 5. The average Bonchev–Trinajstić information content (AvgIpc) is 2.97. The van der Waals surface area contributed by atoms with Crippen molar-refractivity contribution >= 4 is 11.7 Å². The van der Waals surface area contributed by atoms with Crippen molar-refractivity contribution in [3.05, 3.63) is 53.1 Å². The molecule has 0 bridgehead atoms. The molecule has 5 nitrogen and oxygen atoms in total. The lowest BCUT2D eigenvalue weighted by atomic mass is 9.99. The maximum atomic E-state index is 12.5. The van der Waals surface area contributed by atoms with Crippen LogP contribution in [0.1, 0.15) is 34.1 Å². The van der Waals surface area contributed by atoms with Crippen LogP contribution in [-0.4, -0.2) is 26.7 Å². The first-order valence-electron chi connectivity index (χ1n) is 8.05. The van der Waals surface area contributed by atoms with Gasteiger partial charge < -0.3 is 19.1 Å². The van der Waals surface area contributed by atoms with Crippen LogP contribution in [0.2, 0.25) is 0 Å². The number of aryl methyl sites for hydroxylation is 1. The predicted molar refractivity (Wildman–Crippen MR) is 89.8 cm³/mol. The van der Waals surface area contributed by atoms with E-state index in [-0.39, 0.29) is 5.97 Å². The van der Waals surface area contributed by atoms with E-state index in [0.717, 1.165) is 30.6 Å². The second-order valence-electron chi connectivity index (χ2n) is 5.95. The van der Waals surface area contributed by atoms with E-state index in [1.807, 2.05) is 24.3 Å². The number of esters is 1. The molecule has 2 aliphatic rings. The molecule has 2 aromatic rings. The van der Waals surface area contributed by atoms with Gasteiger partial charge in [-0.1, -0.05) is 18.2 Å². The molecule has 2 aliphatic heterocycles. The van der Waals surface area contributed by atoms with Crippen LogP contribution < -0.4 is 14.4 Å². The standard InChI is InChI=1S/C19H19NO4/c1-22-15-10-9-13-16(17(15)23-2)19(21)24-18(13)20-11-5-7-12-6-3-4-8-14(12)20/h3-4,6,8-10,18H,5,7,11H2,1-2H3/t18-/m0/s1. The monoisotopic (exact) mass is 325 g/mol. The Hall–Kier alpha value is -2.69. The van der Waals surface area contributed by atoms with Crippen molar-refractivity contribution in [2.24, 2.45) is 0 Å². The number of cyclic esters (lactones) is 1. The first kappa shape index (κ1) is 14.9. The fourth-order valence-corrected chi connectivity index (χ4v) is 3.62. The smallest absolute Gasteiger partial charge is 0.344 e. The van der Waals surface area contributed by atoms with Crippen molar-refractivity contribution in [1.29, 1.82) is 0 Å². The summed E-state index contributed by atoms with van der Waals surface area (Å²) >= 11 is 0. The average molecular weight is 325 g/mol. The minimum atomic E-state index is -0.422. The van der Waals surface area contributed by atoms with Crippen LogP contribution >= 0.6 is 0 Å². The fraction of sp³-hybridized carbons (Fsp3) is 0.316. The summed E-state index contributed by atoms with van der Waals surface area (Å²) in [6.07, 6.45) is 1.66. The zero-order valence-corrected chi connectivity index (χ0v) is 13.7. The molecule has 124 valence electrons. The first-order valence-corrected chi connectivity index (χ1v) is 8.05. The summed E-state index contributed by atoms with van der Waals surface area (Å²) in [6, 6.07) is 12.0. The molecule has 0 aliphatic carbocycles. The largest absolute Gasteiger partial charge is 0.493 e. The van der Waals surface area contributed by atoms with Gasteiger partial charge in [0.15, 0.2) is 11.5 Å². The molecular weight excluding hydrogens is 306 g/mol. The van der Waals surface area contributed by atoms with Crippen LogP contribution in [0.15, 0.2) is 36.4 Å². The van der Waals surface area contributed by atoms with Gasteiger partial charge in [-0.3, -0.25) is 0 Å². The van der Waals surface area contributed by atoms with Crippen molar-refractivity contribution in [3.63, 3.8) is 0 Å². The molecule has 5 heteroatoms. The highest BCUT2D eigenvalue weighted by molar-refractivity contribution is 5.98. The second-order valence-corrected chi connectivity index (χ2v) is 5.95. The molecule has 0 saturated heterocycles. The van der Waals surface area contributed by atoms with Crippen molar-refractivity contribution < 1.29 is 19.0 Å². The third-order valence-electron chi connectivity index (χ3n) is 4.70. The molecule has 4 rings (SSSR count). The van der Waals surface area contributed by atoms with E-state index in [0.29, 0.717) is 17.1 Å². The quantitative estimate of drug-likeness (QED) is 0.810. The lowest BCUT2D eigenvalue weighted by Gasteiger charge is -2.35. The topological polar surface area (TPSA) is 48.0 Å². The molecule has 0 radical (unpaired) electrons. The summed E-state index contributed by atoms with van der Waals surface area (Å²) in [6.45, 7) is 0.850. The molecule has 0 fully saturated rings. The molecule has 0 amide bonds. The van der Waals surface area contributed by atoms with E-state index >= 15 is 0 Å². The molecule has 0 spiro atoms. The first-order chi connectivity index (χ1) is 11.7. The van der Waals surface area contributed by atoms with Gasteiger partial charge in [0.1, 0.15) is 5.56 Å². The Kier molecular flexibility index (Phi) is 3.56. The highest BCUT2D eigenvalue weighted by atomic mass is 16.6. The van der Waals surface area contributed by atoms with Crippen molar-refractivity contribution in [2.75, 3.05) is 25.7 Å². The summed E-state index contributed by atoms with van der Waals surface area (Å²) in [5, 5.41) is 0. The number of benzene rings is 2. The van der Waals surface area contributed by atoms with Crippen LogP contribution in [0.25, 0.3) is 0 Å². The molecule has 0 saturated carbocycles. The normalized spacial score (nSPS) is 18.7. The van der Waals surface area contributed by atoms with Crippen LogP contribution in [0.3, 0.4) is 0 Å². The van der Waals surface area contributed by atoms with Gasteiger partial charge >= 0.3 is 5.97 Å². The number of anilines is 1. The lowest BCUT2D eigenvalue weighted by Crippen LogP contribution is -2.33. The number of rotatable bonds is 3. The van der Waals surface area contributed by atoms with Gasteiger partial charge in [-0.05, 0) is 36.6 Å². The molecule has 0 N–H and O–H groups in total. The summed E-state index contributed by atoms with van der Waals surface area (Å²) in [5.41, 5.74) is 3.71. The number of carbonyl (C=O) groups excluding carboxylic acids is 1. The predicted octanol–water partition coefficient (Wildman–Crippen LogP) is 3.33. The van der Waals surface area contributed by atoms with Crippen molar-refractivity contribution in [1.82, 2.24) is 0 Å². The Labute approximate surface area is 140 Å². The Morgan fingerprint density at radius 3 is 2.75 bits per heavy atom. The Balaban J connectivity index is 1.81. The summed E-state index contributed by atoms with van der Waals surface area (Å²) in [4.78, 5) is 14.7. The fourth-order valence-electron chi connectivity index (χ4n) is 3.62. The molecule has 0 unspecified atom stereocenters. The Morgan fingerprint density at radius 2 is 1.96 bits per heavy atom. The molecule has 2 aromatic carbocycles. The number of fused-ring (bicyclic) bond motifs is 2. The van der Waals surface area contributed by atoms with Crippen molar-refractivity contribution in [2.45, 2.75) is 19.1 Å². The van der Waals surface area contributed by atoms with Gasteiger partial charge in [-0.15, -0.1) is 0 Å². The molecule has 0 aromatic heterocycles. The van der Waals surface area contributed by atoms with Gasteiger partial charge in [0.25, 0.3) is 0 Å². The molecule has 1 atom stereocenters. The number of methoxy groups -OCH3 is 2. The van der Waals surface area contributed by atoms with Crippen LogP contribution in [0, 0.1) is 0 Å². The van der Waals surface area contributed by atoms with Crippen LogP contribution in [-0.2, 0) is 11.2 Å². The SMILES string of the molecule is COc1ccc2c(c1OC)C(=O)O[C@@H]2N1CCCc2ccccc21. The van der Waals surface area contributed by atoms with E-state index in [2.05, 4.69) is 17.0 Å². The highest BCUT2D eigenvalue weighted by Gasteiger charge is 2.40. The number of ether oxygens (including phenoxy) is 3. The maximum absolute atomic E-state index is 12.5. The maximum Gasteiger partial charge on any atom is 0.344 e. The summed E-state index contributed by atoms with van der Waals surface area (Å²) < 4.78 is 16.4. The number of carbonyl (C=O) groups is 1. The van der Waals surface area contributed by atoms with E-state index in [1.165, 1.54) is 12.7 Å². The van der Waals surface area contributed by atoms with Crippen molar-refractivity contribution in [3.8, 4) is 11.5 Å². The summed E-state index contributed by atoms with van der Waals surface area (Å²) in [5.74, 6) is 0.606. The zero-order chi connectivity index (χ0) is 16.7. The zero-order valence-electron chi connectivity index (χ0n) is 13.7. The van der Waals surface area contributed by atoms with Gasteiger partial charge in [0.2, 0.25) is 6.23 Å². The van der Waals surface area contributed by atoms with Gasteiger partial charge in [-0.25, -0.2) is 4.79 Å². The number of hydrogen-bond donors (Lipinski definition) is 0. The third kappa shape index (κ3) is 2.12. The molecular formula is C19H19NO4. The minimum Gasteiger partial charge on any atom is -0.493 e. The van der Waals surface area contributed by atoms with Crippen LogP contribution in [0.5, 0.6) is 11.5 Å². The van der Waals surface area contributed by atoms with E-state index in [9.17, 15) is 4.79 Å². The van der Waals surface area contributed by atoms with Gasteiger partial charge in [0.05, 0.1) is 14.2 Å². The van der Waals surface area contributed by atoms with E-state index < -0.39 is 6.23 Å². The lowest BCUT2D eigenvalue weighted by molar-refractivity contribution is 0.0373. The van der Waals surface area contributed by atoms with E-state index in [4.69, 9.17) is 14.2 Å². The molecule has 2 heterocycles. The van der Waals surface area contributed by atoms with Gasteiger partial charge in [0, 0.05) is 17.8 Å². The Bertz CT molecular complexity index is 802. The van der Waals surface area contributed by atoms with Crippen LogP contribution in [0.4, 0.5) is 5.69 Å². The Morgan fingerprint density at radius 1 is 1.12 bits per heavy atom. The highest BCUT2D eigenvalue weighted by Crippen LogP contribution is 2.45. The summed E-state index contributed by atoms with van der Waals surface area (Å²) in [7, 11) is 3.10. The number of para-hydroxylation sites is 1. The van der Waals surface area contributed by atoms with E-state index in [1.54, 1.807) is 7.11 Å². The third-order valence-corrected chi connectivity index (χ3v) is 4.70. The minimum absolute atomic E-state index is 0.367. The van der Waals surface area contributed by atoms with Gasteiger partial charge in [-0.2, -0.15) is 0 Å².